The van der Waals surface area contributed by atoms with E-state index in [4.69, 9.17) is 14.2 Å². The van der Waals surface area contributed by atoms with E-state index >= 15 is 0 Å². The fraction of sp³-hybridized carbons (Fsp3) is 0.385. The van der Waals surface area contributed by atoms with E-state index in [-0.39, 0.29) is 12.0 Å². The first-order chi connectivity index (χ1) is 16.2. The first kappa shape index (κ1) is 21.5. The molecule has 1 fully saturated rings. The standard InChI is InChI=1S/C26H29N3O4/c1-31-19-8-9-24-22(17-19)20(21-5-2-10-27-23(21)18-33-24)6-3-11-28-12-14-29(15-13-28)26(30)25-7-4-16-32-25/h2,4-6,8-10,16-17,25H,3,7,11-15,18H2,1H3/b20-6+. The van der Waals surface area contributed by atoms with Crippen molar-refractivity contribution in [1.29, 1.82) is 0 Å². The number of fused-ring (bicyclic) bond motifs is 2. The van der Waals surface area contributed by atoms with E-state index in [2.05, 4.69) is 22.0 Å². The number of carbonyl (C=O) groups excluding carboxylic acids is 1. The number of carbonyl (C=O) groups is 1. The van der Waals surface area contributed by atoms with Gasteiger partial charge in [-0.25, -0.2) is 0 Å². The average Bonchev–Trinajstić information content (AvgIpc) is 3.36. The highest BCUT2D eigenvalue weighted by atomic mass is 16.5. The largest absolute Gasteiger partial charge is 0.497 e. The van der Waals surface area contributed by atoms with Gasteiger partial charge in [0.2, 0.25) is 0 Å². The molecule has 3 aliphatic rings. The predicted octanol–water partition coefficient (Wildman–Crippen LogP) is 3.25. The Morgan fingerprint density at radius 2 is 2.09 bits per heavy atom. The first-order valence-electron chi connectivity index (χ1n) is 11.5. The number of aromatic nitrogens is 1. The summed E-state index contributed by atoms with van der Waals surface area (Å²) in [7, 11) is 1.68. The summed E-state index contributed by atoms with van der Waals surface area (Å²) in [6.07, 6.45) is 8.87. The van der Waals surface area contributed by atoms with Gasteiger partial charge in [-0.05, 0) is 42.3 Å². The molecule has 5 rings (SSSR count). The van der Waals surface area contributed by atoms with Gasteiger partial charge in [-0.3, -0.25) is 14.7 Å². The van der Waals surface area contributed by atoms with Crippen molar-refractivity contribution in [3.63, 3.8) is 0 Å². The minimum Gasteiger partial charge on any atom is -0.497 e. The Balaban J connectivity index is 1.27. The average molecular weight is 448 g/mol. The summed E-state index contributed by atoms with van der Waals surface area (Å²) >= 11 is 0. The lowest BCUT2D eigenvalue weighted by atomic mass is 9.95. The normalized spacial score (nSPS) is 21.1. The molecule has 0 N–H and O–H groups in total. The van der Waals surface area contributed by atoms with Gasteiger partial charge in [0.05, 0.1) is 19.1 Å². The Morgan fingerprint density at radius 1 is 1.21 bits per heavy atom. The fourth-order valence-electron chi connectivity index (χ4n) is 4.61. The van der Waals surface area contributed by atoms with Gasteiger partial charge in [0, 0.05) is 56.5 Å². The molecular formula is C26H29N3O4. The smallest absolute Gasteiger partial charge is 0.264 e. The molecule has 0 bridgehead atoms. The van der Waals surface area contributed by atoms with E-state index < -0.39 is 0 Å². The Kier molecular flexibility index (Phi) is 6.30. The lowest BCUT2D eigenvalue weighted by molar-refractivity contribution is -0.141. The van der Waals surface area contributed by atoms with Gasteiger partial charge in [-0.1, -0.05) is 12.1 Å². The minimum absolute atomic E-state index is 0.106. The number of ether oxygens (including phenoxy) is 3. The molecule has 0 radical (unpaired) electrons. The number of methoxy groups -OCH3 is 1. The summed E-state index contributed by atoms with van der Waals surface area (Å²) in [5, 5.41) is 0. The highest BCUT2D eigenvalue weighted by Crippen LogP contribution is 2.38. The summed E-state index contributed by atoms with van der Waals surface area (Å²) in [4.78, 5) is 21.4. The molecule has 1 aromatic heterocycles. The number of piperazine rings is 1. The van der Waals surface area contributed by atoms with Crippen LogP contribution in [0, 0.1) is 0 Å². The van der Waals surface area contributed by atoms with Crippen molar-refractivity contribution >= 4 is 11.5 Å². The molecule has 7 nitrogen and oxygen atoms in total. The van der Waals surface area contributed by atoms with Crippen molar-refractivity contribution in [3.8, 4) is 11.5 Å². The summed E-state index contributed by atoms with van der Waals surface area (Å²) in [6.45, 7) is 4.62. The zero-order valence-corrected chi connectivity index (χ0v) is 18.9. The number of benzene rings is 1. The van der Waals surface area contributed by atoms with E-state index in [1.165, 1.54) is 0 Å². The highest BCUT2D eigenvalue weighted by Gasteiger charge is 2.29. The molecule has 2 aromatic rings. The molecule has 7 heteroatoms. The zero-order valence-electron chi connectivity index (χ0n) is 18.9. The molecule has 1 amide bonds. The van der Waals surface area contributed by atoms with Gasteiger partial charge < -0.3 is 19.1 Å². The maximum atomic E-state index is 12.6. The van der Waals surface area contributed by atoms with Crippen molar-refractivity contribution in [1.82, 2.24) is 14.8 Å². The molecule has 3 aliphatic heterocycles. The third-order valence-electron chi connectivity index (χ3n) is 6.46. The second-order valence-corrected chi connectivity index (χ2v) is 8.45. The number of nitrogens with zero attached hydrogens (tertiary/aromatic N) is 3. The van der Waals surface area contributed by atoms with Crippen LogP contribution in [-0.4, -0.2) is 66.6 Å². The van der Waals surface area contributed by atoms with Crippen LogP contribution >= 0.6 is 0 Å². The van der Waals surface area contributed by atoms with Crippen LogP contribution in [0.2, 0.25) is 0 Å². The third kappa shape index (κ3) is 4.59. The van der Waals surface area contributed by atoms with Crippen molar-refractivity contribution in [2.24, 2.45) is 0 Å². The lowest BCUT2D eigenvalue weighted by Gasteiger charge is -2.35. The Bertz CT molecular complexity index is 1060. The Labute approximate surface area is 194 Å². The Morgan fingerprint density at radius 3 is 2.88 bits per heavy atom. The van der Waals surface area contributed by atoms with Crippen LogP contribution in [0.4, 0.5) is 0 Å². The van der Waals surface area contributed by atoms with Crippen molar-refractivity contribution in [2.75, 3.05) is 39.8 Å². The molecule has 1 saturated heterocycles. The molecule has 1 atom stereocenters. The maximum absolute atomic E-state index is 12.6. The van der Waals surface area contributed by atoms with E-state index in [1.807, 2.05) is 41.4 Å². The first-order valence-corrected chi connectivity index (χ1v) is 11.5. The van der Waals surface area contributed by atoms with Crippen LogP contribution in [0.15, 0.2) is 54.9 Å². The maximum Gasteiger partial charge on any atom is 0.264 e. The SMILES string of the molecule is COc1ccc2c(c1)/C(=C/CCN1CCN(C(=O)C3CC=CO3)CC1)c1cccnc1CO2. The van der Waals surface area contributed by atoms with Crippen LogP contribution in [0.25, 0.3) is 5.57 Å². The van der Waals surface area contributed by atoms with E-state index in [0.29, 0.717) is 13.0 Å². The van der Waals surface area contributed by atoms with Gasteiger partial charge in [-0.2, -0.15) is 0 Å². The second kappa shape index (κ2) is 9.67. The number of hydrogen-bond donors (Lipinski definition) is 0. The minimum atomic E-state index is -0.329. The molecule has 4 heterocycles. The van der Waals surface area contributed by atoms with E-state index in [1.54, 1.807) is 13.4 Å². The molecule has 1 unspecified atom stereocenters. The fourth-order valence-corrected chi connectivity index (χ4v) is 4.61. The molecule has 0 saturated carbocycles. The van der Waals surface area contributed by atoms with Gasteiger partial charge in [0.1, 0.15) is 18.1 Å². The molecule has 172 valence electrons. The number of pyridine rings is 1. The summed E-state index contributed by atoms with van der Waals surface area (Å²) in [5.41, 5.74) is 4.20. The predicted molar refractivity (Wildman–Crippen MR) is 125 cm³/mol. The third-order valence-corrected chi connectivity index (χ3v) is 6.46. The number of rotatable bonds is 5. The van der Waals surface area contributed by atoms with Gasteiger partial charge in [0.15, 0.2) is 6.10 Å². The van der Waals surface area contributed by atoms with Gasteiger partial charge in [-0.15, -0.1) is 0 Å². The van der Waals surface area contributed by atoms with Crippen molar-refractivity contribution < 1.29 is 19.0 Å². The van der Waals surface area contributed by atoms with E-state index in [0.717, 1.165) is 73.0 Å². The molecule has 0 aliphatic carbocycles. The van der Waals surface area contributed by atoms with Crippen molar-refractivity contribution in [3.05, 3.63) is 71.8 Å². The van der Waals surface area contributed by atoms with Gasteiger partial charge >= 0.3 is 0 Å². The van der Waals surface area contributed by atoms with Crippen LogP contribution < -0.4 is 9.47 Å². The van der Waals surface area contributed by atoms with Crippen LogP contribution in [0.5, 0.6) is 11.5 Å². The highest BCUT2D eigenvalue weighted by molar-refractivity contribution is 5.85. The number of amides is 1. The molecule has 33 heavy (non-hydrogen) atoms. The summed E-state index contributed by atoms with van der Waals surface area (Å²) in [6, 6.07) is 10.0. The zero-order chi connectivity index (χ0) is 22.6. The number of hydrogen-bond acceptors (Lipinski definition) is 6. The van der Waals surface area contributed by atoms with Crippen molar-refractivity contribution in [2.45, 2.75) is 25.6 Å². The molecular weight excluding hydrogens is 418 g/mol. The molecule has 0 spiro atoms. The van der Waals surface area contributed by atoms with E-state index in [9.17, 15) is 4.79 Å². The molecule has 1 aromatic carbocycles. The topological polar surface area (TPSA) is 64.1 Å². The monoisotopic (exact) mass is 447 g/mol. The van der Waals surface area contributed by atoms with Crippen LogP contribution in [0.3, 0.4) is 0 Å². The van der Waals surface area contributed by atoms with Crippen LogP contribution in [0.1, 0.15) is 29.7 Å². The lowest BCUT2D eigenvalue weighted by Crippen LogP contribution is -2.51. The van der Waals surface area contributed by atoms with Gasteiger partial charge in [0.25, 0.3) is 5.91 Å². The quantitative estimate of drug-likeness (QED) is 0.701. The summed E-state index contributed by atoms with van der Waals surface area (Å²) < 4.78 is 16.9. The van der Waals surface area contributed by atoms with Crippen LogP contribution in [-0.2, 0) is 16.1 Å². The Hall–Kier alpha value is -3.32. The second-order valence-electron chi connectivity index (χ2n) is 8.45. The summed E-state index contributed by atoms with van der Waals surface area (Å²) in [5.74, 6) is 1.75.